The molecule has 1 saturated heterocycles. The number of fused-ring (bicyclic) bond motifs is 1. The third kappa shape index (κ3) is 2.18. The minimum absolute atomic E-state index is 0.00731. The Morgan fingerprint density at radius 2 is 2.35 bits per heavy atom. The van der Waals surface area contributed by atoms with E-state index in [-0.39, 0.29) is 17.2 Å². The van der Waals surface area contributed by atoms with E-state index in [0.29, 0.717) is 17.0 Å². The number of carbonyl (C=O) groups is 1. The molecule has 1 aliphatic rings. The van der Waals surface area contributed by atoms with E-state index in [0.717, 1.165) is 25.8 Å². The minimum atomic E-state index is -0.230. The first-order valence-corrected chi connectivity index (χ1v) is 6.93. The van der Waals surface area contributed by atoms with Gasteiger partial charge in [-0.05, 0) is 30.9 Å². The second-order valence-electron chi connectivity index (χ2n) is 4.74. The fourth-order valence-electron chi connectivity index (χ4n) is 2.62. The Labute approximate surface area is 120 Å². The lowest BCUT2D eigenvalue weighted by Gasteiger charge is -2.35. The molecule has 7 nitrogen and oxygen atoms in total. The number of aromatic amines is 1. The van der Waals surface area contributed by atoms with Crippen LogP contribution in [0.15, 0.2) is 6.33 Å². The summed E-state index contributed by atoms with van der Waals surface area (Å²) in [7, 11) is 1.65. The highest BCUT2D eigenvalue weighted by molar-refractivity contribution is 6.28. The van der Waals surface area contributed by atoms with Crippen molar-refractivity contribution in [2.24, 2.45) is 0 Å². The Balaban J connectivity index is 2.07. The van der Waals surface area contributed by atoms with Crippen molar-refractivity contribution in [2.45, 2.75) is 25.3 Å². The van der Waals surface area contributed by atoms with Gasteiger partial charge in [-0.1, -0.05) is 0 Å². The molecule has 1 aliphatic heterocycles. The second-order valence-corrected chi connectivity index (χ2v) is 5.07. The number of piperidine rings is 1. The number of H-pyrrole nitrogens is 1. The van der Waals surface area contributed by atoms with Crippen molar-refractivity contribution in [3.05, 3.63) is 11.6 Å². The van der Waals surface area contributed by atoms with Gasteiger partial charge in [0, 0.05) is 13.6 Å². The van der Waals surface area contributed by atoms with E-state index in [4.69, 9.17) is 11.6 Å². The number of rotatable bonds is 2. The third-order valence-electron chi connectivity index (χ3n) is 3.56. The molecule has 1 unspecified atom stereocenters. The Morgan fingerprint density at radius 1 is 1.50 bits per heavy atom. The molecule has 2 aromatic heterocycles. The van der Waals surface area contributed by atoms with Crippen molar-refractivity contribution >= 4 is 34.5 Å². The van der Waals surface area contributed by atoms with Crippen molar-refractivity contribution in [3.8, 4) is 0 Å². The highest BCUT2D eigenvalue weighted by Gasteiger charge is 2.30. The molecule has 3 rings (SSSR count). The topological polar surface area (TPSA) is 86.8 Å². The zero-order chi connectivity index (χ0) is 14.1. The first kappa shape index (κ1) is 13.1. The Hall–Kier alpha value is -1.89. The first-order chi connectivity index (χ1) is 9.70. The normalized spacial score (nSPS) is 19.3. The first-order valence-electron chi connectivity index (χ1n) is 6.55. The van der Waals surface area contributed by atoms with Gasteiger partial charge in [-0.2, -0.15) is 9.97 Å². The van der Waals surface area contributed by atoms with Gasteiger partial charge in [0.1, 0.15) is 11.6 Å². The predicted molar refractivity (Wildman–Crippen MR) is 75.7 cm³/mol. The summed E-state index contributed by atoms with van der Waals surface area (Å²) >= 11 is 5.96. The van der Waals surface area contributed by atoms with Crippen LogP contribution >= 0.6 is 11.6 Å². The van der Waals surface area contributed by atoms with Crippen LogP contribution in [0.4, 0.5) is 5.82 Å². The summed E-state index contributed by atoms with van der Waals surface area (Å²) in [6.07, 6.45) is 4.40. The quantitative estimate of drug-likeness (QED) is 0.810. The van der Waals surface area contributed by atoms with E-state index in [9.17, 15) is 4.79 Å². The van der Waals surface area contributed by atoms with Gasteiger partial charge < -0.3 is 15.2 Å². The molecule has 20 heavy (non-hydrogen) atoms. The highest BCUT2D eigenvalue weighted by atomic mass is 35.5. The van der Waals surface area contributed by atoms with Crippen LogP contribution in [0.3, 0.4) is 0 Å². The van der Waals surface area contributed by atoms with E-state index in [1.165, 1.54) is 0 Å². The number of anilines is 1. The molecule has 2 aromatic rings. The second kappa shape index (κ2) is 5.24. The number of hydrogen-bond acceptors (Lipinski definition) is 5. The van der Waals surface area contributed by atoms with Crippen LogP contribution in [0.5, 0.6) is 0 Å². The molecular formula is C12H15ClN6O. The van der Waals surface area contributed by atoms with Crippen LogP contribution in [-0.4, -0.2) is 45.5 Å². The van der Waals surface area contributed by atoms with Crippen LogP contribution in [0.1, 0.15) is 19.3 Å². The molecule has 2 N–H and O–H groups in total. The molecule has 0 saturated carbocycles. The molecule has 0 bridgehead atoms. The fourth-order valence-corrected chi connectivity index (χ4v) is 2.78. The van der Waals surface area contributed by atoms with Crippen molar-refractivity contribution in [1.82, 2.24) is 25.3 Å². The number of imidazole rings is 1. The Morgan fingerprint density at radius 3 is 3.15 bits per heavy atom. The SMILES string of the molecule is CNC(=O)C1CCCCN1c1nc(Cl)nc2nc[nH]c12. The summed E-state index contributed by atoms with van der Waals surface area (Å²) in [5, 5.41) is 2.85. The van der Waals surface area contributed by atoms with Gasteiger partial charge in [-0.15, -0.1) is 0 Å². The van der Waals surface area contributed by atoms with E-state index < -0.39 is 0 Å². The monoisotopic (exact) mass is 294 g/mol. The minimum Gasteiger partial charge on any atom is -0.357 e. The van der Waals surface area contributed by atoms with Gasteiger partial charge >= 0.3 is 0 Å². The molecule has 1 amide bonds. The van der Waals surface area contributed by atoms with Crippen LogP contribution in [0.2, 0.25) is 5.28 Å². The number of aromatic nitrogens is 4. The molecule has 0 radical (unpaired) electrons. The Kier molecular flexibility index (Phi) is 3.43. The number of likely N-dealkylation sites (N-methyl/N-ethyl adjacent to an activating group) is 1. The molecule has 0 spiro atoms. The maximum Gasteiger partial charge on any atom is 0.242 e. The average molecular weight is 295 g/mol. The summed E-state index contributed by atoms with van der Waals surface area (Å²) < 4.78 is 0. The summed E-state index contributed by atoms with van der Waals surface area (Å²) in [6.45, 7) is 0.763. The van der Waals surface area contributed by atoms with E-state index >= 15 is 0 Å². The molecule has 3 heterocycles. The zero-order valence-corrected chi connectivity index (χ0v) is 11.8. The molecule has 106 valence electrons. The fraction of sp³-hybridized carbons (Fsp3) is 0.500. The van der Waals surface area contributed by atoms with Gasteiger partial charge in [0.2, 0.25) is 11.2 Å². The van der Waals surface area contributed by atoms with Gasteiger partial charge in [0.05, 0.1) is 6.33 Å². The number of nitrogens with one attached hydrogen (secondary N) is 2. The van der Waals surface area contributed by atoms with E-state index in [1.54, 1.807) is 13.4 Å². The number of nitrogens with zero attached hydrogens (tertiary/aromatic N) is 4. The van der Waals surface area contributed by atoms with Crippen LogP contribution in [0.25, 0.3) is 11.2 Å². The van der Waals surface area contributed by atoms with Gasteiger partial charge in [0.15, 0.2) is 11.5 Å². The summed E-state index contributed by atoms with van der Waals surface area (Å²) in [6, 6.07) is -0.230. The van der Waals surface area contributed by atoms with Crippen LogP contribution < -0.4 is 10.2 Å². The maximum atomic E-state index is 12.1. The molecule has 8 heteroatoms. The lowest BCUT2D eigenvalue weighted by molar-refractivity contribution is -0.122. The van der Waals surface area contributed by atoms with Crippen molar-refractivity contribution < 1.29 is 4.79 Å². The lowest BCUT2D eigenvalue weighted by atomic mass is 10.0. The third-order valence-corrected chi connectivity index (χ3v) is 3.73. The lowest BCUT2D eigenvalue weighted by Crippen LogP contribution is -2.49. The van der Waals surface area contributed by atoms with Crippen LogP contribution in [-0.2, 0) is 4.79 Å². The van der Waals surface area contributed by atoms with Gasteiger partial charge in [-0.3, -0.25) is 4.79 Å². The average Bonchev–Trinajstić information content (AvgIpc) is 2.93. The standard InChI is InChI=1S/C12H15ClN6O/c1-14-11(20)7-4-2-3-5-19(7)10-8-9(16-6-15-8)17-12(13)18-10/h6-7H,2-5H2,1H3,(H,14,20)(H,15,16,17,18). The number of carbonyl (C=O) groups excluding carboxylic acids is 1. The van der Waals surface area contributed by atoms with E-state index in [2.05, 4.69) is 25.3 Å². The predicted octanol–water partition coefficient (Wildman–Crippen LogP) is 1.11. The van der Waals surface area contributed by atoms with Crippen molar-refractivity contribution in [2.75, 3.05) is 18.5 Å². The summed E-state index contributed by atoms with van der Waals surface area (Å²) in [5.41, 5.74) is 1.23. The summed E-state index contributed by atoms with van der Waals surface area (Å²) in [4.78, 5) is 29.5. The number of halogens is 1. The number of amides is 1. The molecule has 0 aliphatic carbocycles. The van der Waals surface area contributed by atoms with Gasteiger partial charge in [0.25, 0.3) is 0 Å². The van der Waals surface area contributed by atoms with Crippen molar-refractivity contribution in [3.63, 3.8) is 0 Å². The van der Waals surface area contributed by atoms with Crippen LogP contribution in [0, 0.1) is 0 Å². The highest BCUT2D eigenvalue weighted by Crippen LogP contribution is 2.28. The molecule has 1 fully saturated rings. The largest absolute Gasteiger partial charge is 0.357 e. The van der Waals surface area contributed by atoms with E-state index in [1.807, 2.05) is 4.90 Å². The molecule has 0 aromatic carbocycles. The number of hydrogen-bond donors (Lipinski definition) is 2. The van der Waals surface area contributed by atoms with Gasteiger partial charge in [-0.25, -0.2) is 4.98 Å². The zero-order valence-electron chi connectivity index (χ0n) is 11.1. The summed E-state index contributed by atoms with van der Waals surface area (Å²) in [5.74, 6) is 0.637. The molecule has 1 atom stereocenters. The molecular weight excluding hydrogens is 280 g/mol. The smallest absolute Gasteiger partial charge is 0.242 e. The Bertz CT molecular complexity index is 642. The maximum absolute atomic E-state index is 12.1. The van der Waals surface area contributed by atoms with Crippen molar-refractivity contribution in [1.29, 1.82) is 0 Å².